The maximum Gasteiger partial charge on any atom is 0.261 e. The summed E-state index contributed by atoms with van der Waals surface area (Å²) in [5.41, 5.74) is 0.873. The first-order valence-corrected chi connectivity index (χ1v) is 6.21. The van der Waals surface area contributed by atoms with Crippen LogP contribution in [-0.4, -0.2) is 30.9 Å². The van der Waals surface area contributed by atoms with Gasteiger partial charge in [0.1, 0.15) is 0 Å². The number of hydrogen-bond donors (Lipinski definition) is 2. The largest absolute Gasteiger partial charge is 0.395 e. The molecule has 6 heteroatoms. The summed E-state index contributed by atoms with van der Waals surface area (Å²) >= 11 is 0. The Morgan fingerprint density at radius 1 is 1.38 bits per heavy atom. The van der Waals surface area contributed by atoms with E-state index in [-0.39, 0.29) is 12.5 Å². The fraction of sp³-hybridized carbons (Fsp3) is 0.300. The summed E-state index contributed by atoms with van der Waals surface area (Å²) in [6.45, 7) is -0.111. The van der Waals surface area contributed by atoms with Crippen molar-refractivity contribution in [2.24, 2.45) is 0 Å². The van der Waals surface area contributed by atoms with E-state index in [9.17, 15) is 8.42 Å². The quantitative estimate of drug-likeness (QED) is 0.748. The number of nitrogens with zero attached hydrogens (tertiary/aromatic N) is 1. The molecule has 0 spiro atoms. The van der Waals surface area contributed by atoms with Crippen molar-refractivity contribution in [2.75, 3.05) is 12.9 Å². The van der Waals surface area contributed by atoms with Crippen LogP contribution < -0.4 is 0 Å². The third-order valence-corrected chi connectivity index (χ3v) is 1.54. The van der Waals surface area contributed by atoms with Crippen LogP contribution in [0.5, 0.6) is 0 Å². The van der Waals surface area contributed by atoms with Crippen LogP contribution in [0.3, 0.4) is 0 Å². The van der Waals surface area contributed by atoms with Gasteiger partial charge in [0.25, 0.3) is 10.1 Å². The molecule has 0 bridgehead atoms. The maximum atomic E-state index is 9.19. The summed E-state index contributed by atoms with van der Waals surface area (Å²) < 4.78 is 25.9. The molecule has 2 N–H and O–H groups in total. The van der Waals surface area contributed by atoms with Crippen molar-refractivity contribution in [3.63, 3.8) is 0 Å². The average molecular weight is 243 g/mol. The van der Waals surface area contributed by atoms with E-state index >= 15 is 0 Å². The van der Waals surface area contributed by atoms with E-state index in [1.54, 1.807) is 0 Å². The molecule has 0 radical (unpaired) electrons. The van der Waals surface area contributed by atoms with Gasteiger partial charge in [-0.05, 0) is 5.56 Å². The topological polar surface area (TPSA) is 98.4 Å². The smallest absolute Gasteiger partial charge is 0.261 e. The Morgan fingerprint density at radius 2 is 1.81 bits per heavy atom. The maximum absolute atomic E-state index is 9.19. The van der Waals surface area contributed by atoms with Gasteiger partial charge in [-0.2, -0.15) is 13.7 Å². The standard InChI is InChI=1S/C9H9NO.CH4O3S/c10-6-9(7-11)8-4-2-1-3-5-8;1-5(2,3)4/h1-5,9,11H,7H2;1H3,(H,2,3,4). The zero-order valence-electron chi connectivity index (χ0n) is 8.74. The molecule has 0 fully saturated rings. The van der Waals surface area contributed by atoms with Crippen LogP contribution in [0.25, 0.3) is 0 Å². The number of aliphatic hydroxyl groups excluding tert-OH is 1. The number of nitriles is 1. The van der Waals surface area contributed by atoms with Crippen LogP contribution >= 0.6 is 0 Å². The fourth-order valence-electron chi connectivity index (χ4n) is 0.906. The molecule has 0 aliphatic rings. The molecule has 1 atom stereocenters. The highest BCUT2D eigenvalue weighted by Gasteiger charge is 2.06. The number of hydrogen-bond acceptors (Lipinski definition) is 4. The van der Waals surface area contributed by atoms with Crippen molar-refractivity contribution in [3.05, 3.63) is 35.9 Å². The van der Waals surface area contributed by atoms with Crippen molar-refractivity contribution < 1.29 is 18.1 Å². The highest BCUT2D eigenvalue weighted by atomic mass is 32.2. The summed E-state index contributed by atoms with van der Waals surface area (Å²) in [4.78, 5) is 0. The zero-order valence-corrected chi connectivity index (χ0v) is 9.55. The van der Waals surface area contributed by atoms with Gasteiger partial charge >= 0.3 is 0 Å². The van der Waals surface area contributed by atoms with Crippen molar-refractivity contribution >= 4 is 10.1 Å². The second-order valence-electron chi connectivity index (χ2n) is 3.01. The van der Waals surface area contributed by atoms with Gasteiger partial charge in [0, 0.05) is 0 Å². The molecular weight excluding hydrogens is 230 g/mol. The highest BCUT2D eigenvalue weighted by Crippen LogP contribution is 2.12. The minimum atomic E-state index is -3.67. The molecule has 0 aliphatic carbocycles. The van der Waals surface area contributed by atoms with Gasteiger partial charge in [0.15, 0.2) is 0 Å². The van der Waals surface area contributed by atoms with Gasteiger partial charge in [-0.1, -0.05) is 30.3 Å². The van der Waals surface area contributed by atoms with Crippen molar-refractivity contribution in [3.8, 4) is 6.07 Å². The molecule has 0 saturated carbocycles. The van der Waals surface area contributed by atoms with Crippen LogP contribution in [0.2, 0.25) is 0 Å². The molecule has 0 heterocycles. The summed E-state index contributed by atoms with van der Waals surface area (Å²) in [5, 5.41) is 17.3. The zero-order chi connectivity index (χ0) is 12.6. The Kier molecular flexibility index (Phi) is 6.34. The minimum Gasteiger partial charge on any atom is -0.395 e. The summed E-state index contributed by atoms with van der Waals surface area (Å²) in [6.07, 6.45) is 0.715. The van der Waals surface area contributed by atoms with Gasteiger partial charge in [-0.25, -0.2) is 0 Å². The average Bonchev–Trinajstić information content (AvgIpc) is 2.19. The second kappa shape index (κ2) is 6.95. The van der Waals surface area contributed by atoms with Crippen LogP contribution in [0.15, 0.2) is 30.3 Å². The molecule has 1 rings (SSSR count). The molecule has 0 amide bonds. The Bertz CT molecular complexity index is 428. The predicted molar refractivity (Wildman–Crippen MR) is 59.4 cm³/mol. The lowest BCUT2D eigenvalue weighted by Gasteiger charge is -2.03. The van der Waals surface area contributed by atoms with Gasteiger partial charge in [0.2, 0.25) is 0 Å². The van der Waals surface area contributed by atoms with E-state index in [4.69, 9.17) is 14.9 Å². The third kappa shape index (κ3) is 7.94. The van der Waals surface area contributed by atoms with Crippen LogP contribution in [-0.2, 0) is 10.1 Å². The molecule has 88 valence electrons. The molecular formula is C10H13NO4S. The fourth-order valence-corrected chi connectivity index (χ4v) is 0.906. The number of aliphatic hydroxyl groups is 1. The van der Waals surface area contributed by atoms with Crippen molar-refractivity contribution in [1.82, 2.24) is 0 Å². The van der Waals surface area contributed by atoms with E-state index < -0.39 is 10.1 Å². The van der Waals surface area contributed by atoms with Crippen LogP contribution in [0.1, 0.15) is 11.5 Å². The first-order valence-electron chi connectivity index (χ1n) is 4.36. The lowest BCUT2D eigenvalue weighted by atomic mass is 10.0. The lowest BCUT2D eigenvalue weighted by Crippen LogP contribution is -1.99. The summed E-state index contributed by atoms with van der Waals surface area (Å²) in [5.74, 6) is -0.379. The molecule has 16 heavy (non-hydrogen) atoms. The monoisotopic (exact) mass is 243 g/mol. The summed E-state index contributed by atoms with van der Waals surface area (Å²) in [7, 11) is -3.67. The Hall–Kier alpha value is -1.42. The molecule has 1 aromatic carbocycles. The van der Waals surface area contributed by atoms with E-state index in [0.717, 1.165) is 5.56 Å². The van der Waals surface area contributed by atoms with E-state index in [1.165, 1.54) is 0 Å². The molecule has 1 aromatic rings. The van der Waals surface area contributed by atoms with E-state index in [1.807, 2.05) is 36.4 Å². The molecule has 5 nitrogen and oxygen atoms in total. The first-order chi connectivity index (χ1) is 7.38. The second-order valence-corrected chi connectivity index (χ2v) is 4.47. The van der Waals surface area contributed by atoms with Gasteiger partial charge < -0.3 is 5.11 Å². The Labute approximate surface area is 94.7 Å². The third-order valence-electron chi connectivity index (χ3n) is 1.54. The van der Waals surface area contributed by atoms with Crippen LogP contribution in [0, 0.1) is 11.3 Å². The normalized spacial score (nSPS) is 11.9. The van der Waals surface area contributed by atoms with Gasteiger partial charge in [-0.15, -0.1) is 0 Å². The number of rotatable bonds is 2. The molecule has 0 saturated heterocycles. The molecule has 0 aromatic heterocycles. The van der Waals surface area contributed by atoms with Gasteiger partial charge in [-0.3, -0.25) is 4.55 Å². The van der Waals surface area contributed by atoms with Gasteiger partial charge in [0.05, 0.1) is 24.8 Å². The lowest BCUT2D eigenvalue weighted by molar-refractivity contribution is 0.286. The summed E-state index contributed by atoms with van der Waals surface area (Å²) in [6, 6.07) is 11.3. The van der Waals surface area contributed by atoms with Crippen molar-refractivity contribution in [1.29, 1.82) is 5.26 Å². The predicted octanol–water partition coefficient (Wildman–Crippen LogP) is 0.790. The minimum absolute atomic E-state index is 0.111. The highest BCUT2D eigenvalue weighted by molar-refractivity contribution is 7.85. The Morgan fingerprint density at radius 3 is 2.12 bits per heavy atom. The SMILES string of the molecule is CS(=O)(=O)O.N#CC(CO)c1ccccc1. The number of benzene rings is 1. The molecule has 0 aliphatic heterocycles. The van der Waals surface area contributed by atoms with Crippen LogP contribution in [0.4, 0.5) is 0 Å². The van der Waals surface area contributed by atoms with E-state index in [0.29, 0.717) is 6.26 Å². The first kappa shape index (κ1) is 14.6. The Balaban J connectivity index is 0.000000385. The van der Waals surface area contributed by atoms with Crippen molar-refractivity contribution in [2.45, 2.75) is 5.92 Å². The molecule has 1 unspecified atom stereocenters. The van der Waals surface area contributed by atoms with E-state index in [2.05, 4.69) is 0 Å².